The van der Waals surface area contributed by atoms with Gasteiger partial charge in [-0.3, -0.25) is 0 Å². The summed E-state index contributed by atoms with van der Waals surface area (Å²) in [4.78, 5) is 0. The number of ether oxygens (including phenoxy) is 3. The first-order valence-electron chi connectivity index (χ1n) is 11.6. The van der Waals surface area contributed by atoms with E-state index in [1.165, 1.54) is 0 Å². The number of aliphatic hydroxyl groups is 3. The molecule has 3 aromatic carbocycles. The lowest BCUT2D eigenvalue weighted by molar-refractivity contribution is 0.201. The smallest absolute Gasteiger partial charge is 0.119 e. The summed E-state index contributed by atoms with van der Waals surface area (Å²) in [5, 5.41) is 27.0. The van der Waals surface area contributed by atoms with Crippen LogP contribution in [0.4, 0.5) is 0 Å². The third-order valence-electron chi connectivity index (χ3n) is 5.38. The Hall–Kier alpha value is -3.06. The van der Waals surface area contributed by atoms with Crippen molar-refractivity contribution in [1.82, 2.24) is 0 Å². The van der Waals surface area contributed by atoms with Crippen LogP contribution in [0.2, 0.25) is 0 Å². The van der Waals surface area contributed by atoms with E-state index in [1.54, 1.807) is 0 Å². The predicted octanol–water partition coefficient (Wildman–Crippen LogP) is 4.18. The predicted molar refractivity (Wildman–Crippen MR) is 134 cm³/mol. The van der Waals surface area contributed by atoms with Crippen molar-refractivity contribution in [2.45, 2.75) is 26.2 Å². The van der Waals surface area contributed by atoms with E-state index >= 15 is 0 Å². The van der Waals surface area contributed by atoms with Gasteiger partial charge in [-0.2, -0.15) is 0 Å². The third kappa shape index (κ3) is 6.97. The molecule has 3 rings (SSSR count). The monoisotopic (exact) mass is 468 g/mol. The van der Waals surface area contributed by atoms with E-state index in [0.717, 1.165) is 16.7 Å². The fraction of sp³-hybridized carbons (Fsp3) is 0.357. The molecule has 3 N–H and O–H groups in total. The van der Waals surface area contributed by atoms with Gasteiger partial charge in [-0.15, -0.1) is 0 Å². The molecule has 34 heavy (non-hydrogen) atoms. The molecular formula is C28H36O6. The fourth-order valence-corrected chi connectivity index (χ4v) is 3.64. The van der Waals surface area contributed by atoms with Crippen LogP contribution < -0.4 is 14.2 Å². The molecule has 0 saturated carbocycles. The van der Waals surface area contributed by atoms with Crippen LogP contribution in [0.25, 0.3) is 0 Å². The highest BCUT2D eigenvalue weighted by Crippen LogP contribution is 2.40. The zero-order chi connectivity index (χ0) is 24.8. The molecule has 0 radical (unpaired) electrons. The van der Waals surface area contributed by atoms with Crippen LogP contribution in [0, 0.1) is 0 Å². The molecule has 0 spiro atoms. The van der Waals surface area contributed by atoms with Crippen LogP contribution in [0.1, 0.15) is 37.5 Å². The van der Waals surface area contributed by atoms with E-state index in [9.17, 15) is 0 Å². The Morgan fingerprint density at radius 2 is 0.735 bits per heavy atom. The van der Waals surface area contributed by atoms with Crippen molar-refractivity contribution in [3.05, 3.63) is 89.5 Å². The Labute approximate surface area is 202 Å². The van der Waals surface area contributed by atoms with Gasteiger partial charge in [0.2, 0.25) is 0 Å². The lowest BCUT2D eigenvalue weighted by atomic mass is 9.71. The van der Waals surface area contributed by atoms with E-state index in [0.29, 0.717) is 17.2 Å². The number of benzene rings is 3. The minimum atomic E-state index is -0.472. The average molecular weight is 469 g/mol. The minimum Gasteiger partial charge on any atom is -0.491 e. The second-order valence-corrected chi connectivity index (χ2v) is 7.41. The maximum Gasteiger partial charge on any atom is 0.119 e. The minimum absolute atomic E-state index is 0.0329. The lowest BCUT2D eigenvalue weighted by Gasteiger charge is -2.32. The van der Waals surface area contributed by atoms with Crippen LogP contribution in [0.3, 0.4) is 0 Å². The Kier molecular flexibility index (Phi) is 11.4. The highest BCUT2D eigenvalue weighted by Gasteiger charge is 2.31. The summed E-state index contributed by atoms with van der Waals surface area (Å²) in [6.45, 7) is 6.81. The zero-order valence-electron chi connectivity index (χ0n) is 20.2. The highest BCUT2D eigenvalue weighted by atomic mass is 16.5. The Morgan fingerprint density at radius 1 is 0.500 bits per heavy atom. The van der Waals surface area contributed by atoms with E-state index in [-0.39, 0.29) is 39.6 Å². The van der Waals surface area contributed by atoms with Gasteiger partial charge in [-0.05, 0) is 60.0 Å². The summed E-state index contributed by atoms with van der Waals surface area (Å²) in [7, 11) is 0. The van der Waals surface area contributed by atoms with Crippen LogP contribution in [0.15, 0.2) is 72.8 Å². The van der Waals surface area contributed by atoms with E-state index < -0.39 is 5.41 Å². The van der Waals surface area contributed by atoms with Gasteiger partial charge in [0.05, 0.1) is 19.8 Å². The molecule has 0 aromatic heterocycles. The summed E-state index contributed by atoms with van der Waals surface area (Å²) < 4.78 is 16.6. The molecule has 0 fully saturated rings. The van der Waals surface area contributed by atoms with E-state index in [2.05, 4.69) is 6.92 Å². The van der Waals surface area contributed by atoms with Gasteiger partial charge in [-0.25, -0.2) is 0 Å². The number of aliphatic hydroxyl groups excluding tert-OH is 3. The van der Waals surface area contributed by atoms with Crippen molar-refractivity contribution < 1.29 is 29.5 Å². The second-order valence-electron chi connectivity index (χ2n) is 7.41. The maximum atomic E-state index is 8.99. The SMILES string of the molecule is CC.CC(c1ccc(OCCO)cc1)(c1ccc(OCCO)cc1)c1ccc(OCCO)cc1. The van der Waals surface area contributed by atoms with E-state index in [4.69, 9.17) is 29.5 Å². The number of hydrogen-bond acceptors (Lipinski definition) is 6. The Bertz CT molecular complexity index is 811. The van der Waals surface area contributed by atoms with Crippen molar-refractivity contribution in [3.8, 4) is 17.2 Å². The molecule has 0 saturated heterocycles. The van der Waals surface area contributed by atoms with Crippen molar-refractivity contribution >= 4 is 0 Å². The average Bonchev–Trinajstić information content (AvgIpc) is 2.91. The van der Waals surface area contributed by atoms with E-state index in [1.807, 2.05) is 86.6 Å². The van der Waals surface area contributed by atoms with Gasteiger partial charge in [-0.1, -0.05) is 50.2 Å². The summed E-state index contributed by atoms with van der Waals surface area (Å²) >= 11 is 0. The maximum absolute atomic E-state index is 8.99. The largest absolute Gasteiger partial charge is 0.491 e. The molecule has 0 heterocycles. The molecule has 0 unspecified atom stereocenters. The molecule has 0 atom stereocenters. The van der Waals surface area contributed by atoms with Crippen LogP contribution in [0.5, 0.6) is 17.2 Å². The second kappa shape index (κ2) is 14.3. The molecule has 0 aliphatic heterocycles. The normalized spacial score (nSPS) is 10.8. The highest BCUT2D eigenvalue weighted by molar-refractivity contribution is 5.52. The summed E-state index contributed by atoms with van der Waals surface area (Å²) in [6.07, 6.45) is 0. The number of rotatable bonds is 12. The van der Waals surface area contributed by atoms with Crippen molar-refractivity contribution in [2.24, 2.45) is 0 Å². The van der Waals surface area contributed by atoms with Crippen LogP contribution in [-0.2, 0) is 5.41 Å². The fourth-order valence-electron chi connectivity index (χ4n) is 3.64. The zero-order valence-corrected chi connectivity index (χ0v) is 20.2. The standard InChI is InChI=1S/C26H30O6.C2H6/c1-26(20-2-8-23(9-3-20)30-17-14-27,21-4-10-24(11-5-21)31-18-15-28)22-6-12-25(13-7-22)32-19-16-29;1-2/h2-13,27-29H,14-19H2,1H3;1-2H3. The number of hydrogen-bond donors (Lipinski definition) is 3. The molecule has 6 heteroatoms. The molecule has 0 bridgehead atoms. The first kappa shape index (κ1) is 27.2. The van der Waals surface area contributed by atoms with Gasteiger partial charge in [0, 0.05) is 5.41 Å². The van der Waals surface area contributed by atoms with Crippen molar-refractivity contribution in [1.29, 1.82) is 0 Å². The summed E-state index contributed by atoms with van der Waals surface area (Å²) in [5.41, 5.74) is 2.74. The lowest BCUT2D eigenvalue weighted by Crippen LogP contribution is -2.25. The van der Waals surface area contributed by atoms with Crippen LogP contribution >= 0.6 is 0 Å². The Balaban J connectivity index is 0.00000199. The summed E-state index contributed by atoms with van der Waals surface area (Å²) in [5.74, 6) is 2.10. The third-order valence-corrected chi connectivity index (χ3v) is 5.38. The molecule has 184 valence electrons. The van der Waals surface area contributed by atoms with Crippen LogP contribution in [-0.4, -0.2) is 55.0 Å². The summed E-state index contributed by atoms with van der Waals surface area (Å²) in [6, 6.07) is 23.6. The molecule has 6 nitrogen and oxygen atoms in total. The quantitative estimate of drug-likeness (QED) is 0.346. The first-order valence-corrected chi connectivity index (χ1v) is 11.6. The molecule has 0 aliphatic rings. The molecular weight excluding hydrogens is 432 g/mol. The van der Waals surface area contributed by atoms with Gasteiger partial charge in [0.15, 0.2) is 0 Å². The Morgan fingerprint density at radius 3 is 0.941 bits per heavy atom. The van der Waals surface area contributed by atoms with Gasteiger partial charge < -0.3 is 29.5 Å². The first-order chi connectivity index (χ1) is 16.6. The molecule has 3 aromatic rings. The molecule has 0 amide bonds. The topological polar surface area (TPSA) is 88.4 Å². The van der Waals surface area contributed by atoms with Gasteiger partial charge >= 0.3 is 0 Å². The van der Waals surface area contributed by atoms with Crippen molar-refractivity contribution in [3.63, 3.8) is 0 Å². The molecule has 0 aliphatic carbocycles. The van der Waals surface area contributed by atoms with Gasteiger partial charge in [0.1, 0.15) is 37.1 Å². The van der Waals surface area contributed by atoms with Gasteiger partial charge in [0.25, 0.3) is 0 Å². The van der Waals surface area contributed by atoms with Crippen molar-refractivity contribution in [2.75, 3.05) is 39.6 Å².